The van der Waals surface area contributed by atoms with E-state index >= 15 is 0 Å². The molecule has 0 atom stereocenters. The Kier molecular flexibility index (Phi) is 4.60. The molecule has 1 saturated carbocycles. The molecule has 0 unspecified atom stereocenters. The van der Waals surface area contributed by atoms with Gasteiger partial charge in [0, 0.05) is 23.3 Å². The van der Waals surface area contributed by atoms with Crippen molar-refractivity contribution in [3.8, 4) is 0 Å². The van der Waals surface area contributed by atoms with Crippen molar-refractivity contribution in [2.45, 2.75) is 18.9 Å². The molecule has 7 heteroatoms. The molecule has 0 saturated heterocycles. The number of amides is 2. The molecule has 1 aromatic rings. The van der Waals surface area contributed by atoms with Gasteiger partial charge in [0.15, 0.2) is 0 Å². The highest BCUT2D eigenvalue weighted by Gasteiger charge is 2.27. The quantitative estimate of drug-likeness (QED) is 0.726. The Morgan fingerprint density at radius 3 is 2.89 bits per heavy atom. The predicted octanol–water partition coefficient (Wildman–Crippen LogP) is 0.817. The smallest absolute Gasteiger partial charge is 0.268 e. The third kappa shape index (κ3) is 4.07. The molecule has 0 aromatic carbocycles. The standard InChI is InChI=1S/C12H16BrN3O3/c13-8-5-10(16(6-8)9-1-2-9)12(18)15-3-4-19-7-11(14)17/h5-6,9H,1-4,7H2,(H2,14,17)(H,15,18). The zero-order chi connectivity index (χ0) is 13.8. The molecule has 1 heterocycles. The lowest BCUT2D eigenvalue weighted by Crippen LogP contribution is -2.30. The van der Waals surface area contributed by atoms with Crippen LogP contribution in [0.5, 0.6) is 0 Å². The van der Waals surface area contributed by atoms with Gasteiger partial charge < -0.3 is 20.4 Å². The number of aromatic nitrogens is 1. The van der Waals surface area contributed by atoms with Crippen molar-refractivity contribution >= 4 is 27.7 Å². The first-order valence-electron chi connectivity index (χ1n) is 6.09. The number of rotatable bonds is 7. The summed E-state index contributed by atoms with van der Waals surface area (Å²) >= 11 is 3.38. The van der Waals surface area contributed by atoms with E-state index in [-0.39, 0.29) is 19.1 Å². The van der Waals surface area contributed by atoms with E-state index in [9.17, 15) is 9.59 Å². The van der Waals surface area contributed by atoms with Crippen LogP contribution >= 0.6 is 15.9 Å². The van der Waals surface area contributed by atoms with Crippen LogP contribution in [0.3, 0.4) is 0 Å². The SMILES string of the molecule is NC(=O)COCCNC(=O)c1cc(Br)cn1C1CC1. The fraction of sp³-hybridized carbons (Fsp3) is 0.500. The van der Waals surface area contributed by atoms with Gasteiger partial charge in [0.05, 0.1) is 6.61 Å². The van der Waals surface area contributed by atoms with E-state index in [0.717, 1.165) is 17.3 Å². The van der Waals surface area contributed by atoms with Gasteiger partial charge in [-0.2, -0.15) is 0 Å². The number of nitrogens with two attached hydrogens (primary N) is 1. The molecule has 0 spiro atoms. The van der Waals surface area contributed by atoms with Crippen molar-refractivity contribution in [2.24, 2.45) is 5.73 Å². The Hall–Kier alpha value is -1.34. The summed E-state index contributed by atoms with van der Waals surface area (Å²) in [6.45, 7) is 0.486. The number of hydrogen-bond donors (Lipinski definition) is 2. The van der Waals surface area contributed by atoms with Crippen LogP contribution in [0, 0.1) is 0 Å². The van der Waals surface area contributed by atoms with Crippen LogP contribution in [0.25, 0.3) is 0 Å². The Morgan fingerprint density at radius 2 is 2.26 bits per heavy atom. The molecule has 1 aliphatic carbocycles. The molecule has 19 heavy (non-hydrogen) atoms. The minimum atomic E-state index is -0.516. The van der Waals surface area contributed by atoms with Crippen LogP contribution in [0.4, 0.5) is 0 Å². The topological polar surface area (TPSA) is 86.4 Å². The van der Waals surface area contributed by atoms with Crippen molar-refractivity contribution in [1.82, 2.24) is 9.88 Å². The lowest BCUT2D eigenvalue weighted by molar-refractivity contribution is -0.122. The lowest BCUT2D eigenvalue weighted by atomic mass is 10.4. The minimum absolute atomic E-state index is 0.125. The first-order chi connectivity index (χ1) is 9.08. The zero-order valence-electron chi connectivity index (χ0n) is 10.4. The average Bonchev–Trinajstić information content (AvgIpc) is 3.11. The van der Waals surface area contributed by atoms with Crippen molar-refractivity contribution < 1.29 is 14.3 Å². The highest BCUT2D eigenvalue weighted by atomic mass is 79.9. The fourth-order valence-electron chi connectivity index (χ4n) is 1.78. The molecule has 2 amide bonds. The summed E-state index contributed by atoms with van der Waals surface area (Å²) in [7, 11) is 0. The molecular formula is C12H16BrN3O3. The van der Waals surface area contributed by atoms with Crippen LogP contribution in [-0.2, 0) is 9.53 Å². The molecule has 1 aromatic heterocycles. The summed E-state index contributed by atoms with van der Waals surface area (Å²) in [6, 6.07) is 2.25. The summed E-state index contributed by atoms with van der Waals surface area (Å²) < 4.78 is 7.86. The lowest BCUT2D eigenvalue weighted by Gasteiger charge is -2.08. The number of nitrogens with zero attached hydrogens (tertiary/aromatic N) is 1. The van der Waals surface area contributed by atoms with Gasteiger partial charge in [-0.15, -0.1) is 0 Å². The monoisotopic (exact) mass is 329 g/mol. The van der Waals surface area contributed by atoms with E-state index in [4.69, 9.17) is 10.5 Å². The largest absolute Gasteiger partial charge is 0.370 e. The van der Waals surface area contributed by atoms with Crippen molar-refractivity contribution in [3.63, 3.8) is 0 Å². The number of nitrogens with one attached hydrogen (secondary N) is 1. The first kappa shape index (κ1) is 14.1. The van der Waals surface area contributed by atoms with E-state index in [2.05, 4.69) is 21.2 Å². The van der Waals surface area contributed by atoms with Crippen molar-refractivity contribution in [3.05, 3.63) is 22.4 Å². The Bertz CT molecular complexity index is 483. The van der Waals surface area contributed by atoms with Gasteiger partial charge in [0.25, 0.3) is 5.91 Å². The van der Waals surface area contributed by atoms with E-state index in [1.54, 1.807) is 6.07 Å². The van der Waals surface area contributed by atoms with Gasteiger partial charge in [-0.05, 0) is 34.8 Å². The summed E-state index contributed by atoms with van der Waals surface area (Å²) in [5, 5.41) is 2.75. The predicted molar refractivity (Wildman–Crippen MR) is 72.7 cm³/mol. The maximum atomic E-state index is 12.0. The molecule has 0 bridgehead atoms. The van der Waals surface area contributed by atoms with Crippen molar-refractivity contribution in [1.29, 1.82) is 0 Å². The second-order valence-corrected chi connectivity index (χ2v) is 5.37. The summed E-state index contributed by atoms with van der Waals surface area (Å²) in [5.41, 5.74) is 5.57. The third-order valence-corrected chi connectivity index (χ3v) is 3.20. The van der Waals surface area contributed by atoms with Crippen LogP contribution < -0.4 is 11.1 Å². The summed E-state index contributed by atoms with van der Waals surface area (Å²) in [6.07, 6.45) is 4.16. The van der Waals surface area contributed by atoms with Gasteiger partial charge in [-0.25, -0.2) is 0 Å². The molecule has 0 aliphatic heterocycles. The molecular weight excluding hydrogens is 314 g/mol. The Balaban J connectivity index is 1.81. The number of carbonyl (C=O) groups excluding carboxylic acids is 2. The molecule has 1 aliphatic rings. The summed E-state index contributed by atoms with van der Waals surface area (Å²) in [5.74, 6) is -0.654. The highest BCUT2D eigenvalue weighted by molar-refractivity contribution is 9.10. The average molecular weight is 330 g/mol. The molecule has 104 valence electrons. The van der Waals surface area contributed by atoms with Gasteiger partial charge in [-0.3, -0.25) is 9.59 Å². The van der Waals surface area contributed by atoms with Gasteiger partial charge in [0.1, 0.15) is 12.3 Å². The maximum absolute atomic E-state index is 12.0. The van der Waals surface area contributed by atoms with E-state index in [1.807, 2.05) is 10.8 Å². The third-order valence-electron chi connectivity index (χ3n) is 2.76. The maximum Gasteiger partial charge on any atom is 0.268 e. The van der Waals surface area contributed by atoms with Crippen LogP contribution in [-0.4, -0.2) is 36.1 Å². The zero-order valence-corrected chi connectivity index (χ0v) is 12.0. The number of hydrogen-bond acceptors (Lipinski definition) is 3. The molecule has 0 radical (unpaired) electrons. The number of primary amides is 1. The van der Waals surface area contributed by atoms with Gasteiger partial charge in [-0.1, -0.05) is 0 Å². The highest BCUT2D eigenvalue weighted by Crippen LogP contribution is 2.37. The first-order valence-corrected chi connectivity index (χ1v) is 6.89. The van der Waals surface area contributed by atoms with E-state index < -0.39 is 5.91 Å². The Labute approximate surface area is 119 Å². The molecule has 6 nitrogen and oxygen atoms in total. The Morgan fingerprint density at radius 1 is 1.53 bits per heavy atom. The van der Waals surface area contributed by atoms with E-state index in [0.29, 0.717) is 18.3 Å². The second kappa shape index (κ2) is 6.21. The fourth-order valence-corrected chi connectivity index (χ4v) is 2.22. The van der Waals surface area contributed by atoms with Gasteiger partial charge in [0.2, 0.25) is 5.91 Å². The second-order valence-electron chi connectivity index (χ2n) is 4.46. The van der Waals surface area contributed by atoms with E-state index in [1.165, 1.54) is 0 Å². The number of ether oxygens (including phenoxy) is 1. The summed E-state index contributed by atoms with van der Waals surface area (Å²) in [4.78, 5) is 22.5. The normalized spacial score (nSPS) is 14.4. The number of halogens is 1. The van der Waals surface area contributed by atoms with Gasteiger partial charge >= 0.3 is 0 Å². The van der Waals surface area contributed by atoms with Crippen LogP contribution in [0.2, 0.25) is 0 Å². The van der Waals surface area contributed by atoms with Crippen LogP contribution in [0.1, 0.15) is 29.4 Å². The minimum Gasteiger partial charge on any atom is -0.370 e. The number of carbonyl (C=O) groups is 2. The molecule has 3 N–H and O–H groups in total. The molecule has 1 fully saturated rings. The van der Waals surface area contributed by atoms with Crippen molar-refractivity contribution in [2.75, 3.05) is 19.8 Å². The van der Waals surface area contributed by atoms with Crippen LogP contribution in [0.15, 0.2) is 16.7 Å². The molecule has 2 rings (SSSR count).